The third-order valence-electron chi connectivity index (χ3n) is 6.45. The highest BCUT2D eigenvalue weighted by Crippen LogP contribution is 2.41. The molecule has 5 N–H and O–H groups in total. The molecule has 2 atom stereocenters. The highest BCUT2D eigenvalue weighted by atomic mass is 32.1. The van der Waals surface area contributed by atoms with Gasteiger partial charge < -0.3 is 26.2 Å². The van der Waals surface area contributed by atoms with Crippen LogP contribution in [0.2, 0.25) is 0 Å². The highest BCUT2D eigenvalue weighted by molar-refractivity contribution is 7.18. The molecule has 0 fully saturated rings. The Hall–Kier alpha value is -4.07. The SMILES string of the molecule is CNc1cc(-c2nnc(N(CC(NC(=O)O)[C@H](c3ccc(C(F)(F)F)cc3)C(C)(C)C)C(=O)OC(C)(C)C)s2)ccc1N. The summed E-state index contributed by atoms with van der Waals surface area (Å²) in [6.07, 6.45) is -6.69. The molecule has 1 heterocycles. The number of ether oxygens (including phenoxy) is 1. The fourth-order valence-electron chi connectivity index (χ4n) is 4.70. The molecule has 0 aliphatic carbocycles. The molecular weight excluding hydrogens is 585 g/mol. The fourth-order valence-corrected chi connectivity index (χ4v) is 5.54. The Balaban J connectivity index is 2.10. The van der Waals surface area contributed by atoms with Crippen molar-refractivity contribution in [2.45, 2.75) is 65.3 Å². The van der Waals surface area contributed by atoms with Crippen molar-refractivity contribution >= 4 is 40.0 Å². The number of amides is 2. The molecule has 234 valence electrons. The number of halogens is 3. The zero-order valence-corrected chi connectivity index (χ0v) is 25.9. The van der Waals surface area contributed by atoms with Gasteiger partial charge in [0, 0.05) is 18.5 Å². The number of nitrogen functional groups attached to an aromatic ring is 1. The first-order valence-electron chi connectivity index (χ1n) is 13.4. The lowest BCUT2D eigenvalue weighted by atomic mass is 9.72. The van der Waals surface area contributed by atoms with Crippen LogP contribution in [0.4, 0.5) is 39.3 Å². The van der Waals surface area contributed by atoms with Crippen molar-refractivity contribution in [3.8, 4) is 10.6 Å². The molecule has 2 amide bonds. The quantitative estimate of drug-likeness (QED) is 0.196. The third-order valence-corrected chi connectivity index (χ3v) is 7.44. The topological polar surface area (TPSA) is 143 Å². The molecule has 10 nitrogen and oxygen atoms in total. The molecule has 0 saturated carbocycles. The molecule has 3 rings (SSSR count). The molecule has 0 radical (unpaired) electrons. The van der Waals surface area contributed by atoms with Gasteiger partial charge in [-0.25, -0.2) is 14.5 Å². The van der Waals surface area contributed by atoms with E-state index in [1.165, 1.54) is 17.0 Å². The Bertz CT molecular complexity index is 1430. The van der Waals surface area contributed by atoms with Gasteiger partial charge in [-0.05, 0) is 62.1 Å². The molecule has 2 aromatic carbocycles. The Kier molecular flexibility index (Phi) is 9.84. The zero-order valence-electron chi connectivity index (χ0n) is 25.0. The largest absolute Gasteiger partial charge is 0.465 e. The molecule has 0 saturated heterocycles. The molecule has 43 heavy (non-hydrogen) atoms. The van der Waals surface area contributed by atoms with Crippen LogP contribution in [-0.4, -0.2) is 52.7 Å². The summed E-state index contributed by atoms with van der Waals surface area (Å²) in [4.78, 5) is 26.8. The van der Waals surface area contributed by atoms with Crippen molar-refractivity contribution in [2.75, 3.05) is 29.5 Å². The van der Waals surface area contributed by atoms with Crippen LogP contribution in [0.5, 0.6) is 0 Å². The van der Waals surface area contributed by atoms with Crippen LogP contribution in [0, 0.1) is 5.41 Å². The number of hydrogen-bond donors (Lipinski definition) is 4. The molecule has 0 aliphatic rings. The minimum atomic E-state index is -4.53. The maximum absolute atomic E-state index is 13.6. The zero-order chi connectivity index (χ0) is 32.3. The normalized spacial score (nSPS) is 13.6. The summed E-state index contributed by atoms with van der Waals surface area (Å²) in [6.45, 7) is 10.3. The molecule has 1 unspecified atom stereocenters. The molecule has 0 bridgehead atoms. The summed E-state index contributed by atoms with van der Waals surface area (Å²) in [5.41, 5.74) is 5.96. The number of aromatic nitrogens is 2. The average Bonchev–Trinajstić information content (AvgIpc) is 3.35. The van der Waals surface area contributed by atoms with E-state index in [1.54, 1.807) is 46.0 Å². The number of benzene rings is 2. The van der Waals surface area contributed by atoms with Crippen LogP contribution < -0.4 is 21.3 Å². The smallest absolute Gasteiger partial charge is 0.416 e. The minimum Gasteiger partial charge on any atom is -0.465 e. The van der Waals surface area contributed by atoms with Gasteiger partial charge in [-0.1, -0.05) is 44.2 Å². The predicted octanol–water partition coefficient (Wildman–Crippen LogP) is 7.06. The number of nitrogens with two attached hydrogens (primary N) is 1. The van der Waals surface area contributed by atoms with Crippen molar-refractivity contribution in [2.24, 2.45) is 5.41 Å². The second kappa shape index (κ2) is 12.7. The van der Waals surface area contributed by atoms with E-state index in [0.29, 0.717) is 27.5 Å². The summed E-state index contributed by atoms with van der Waals surface area (Å²) < 4.78 is 45.5. The van der Waals surface area contributed by atoms with E-state index in [2.05, 4.69) is 20.8 Å². The van der Waals surface area contributed by atoms with Gasteiger partial charge >= 0.3 is 18.4 Å². The summed E-state index contributed by atoms with van der Waals surface area (Å²) >= 11 is 1.09. The summed E-state index contributed by atoms with van der Waals surface area (Å²) in [5.74, 6) is -0.668. The van der Waals surface area contributed by atoms with Crippen molar-refractivity contribution in [3.05, 3.63) is 53.6 Å². The number of nitrogens with zero attached hydrogens (tertiary/aromatic N) is 3. The van der Waals surface area contributed by atoms with Crippen LogP contribution in [0.15, 0.2) is 42.5 Å². The second-order valence-corrected chi connectivity index (χ2v) is 13.0. The summed E-state index contributed by atoms with van der Waals surface area (Å²) in [6, 6.07) is 8.84. The number of hydrogen-bond acceptors (Lipinski definition) is 8. The maximum atomic E-state index is 13.6. The standard InChI is InChI=1S/C29H37F3N6O4S/c1-27(2,3)22(16-8-11-18(12-9-16)29(30,31)32)21(35-25(39)40)15-38(26(41)42-28(4,5)6)24-37-36-23(43-24)17-10-13-19(33)20(14-17)34-7/h8-14,21-22,34-35H,15,33H2,1-7H3,(H,39,40)/t21?,22-/m0/s1. The van der Waals surface area contributed by atoms with Gasteiger partial charge in [0.2, 0.25) is 5.13 Å². The van der Waals surface area contributed by atoms with E-state index in [4.69, 9.17) is 10.5 Å². The van der Waals surface area contributed by atoms with Gasteiger partial charge in [0.25, 0.3) is 0 Å². The van der Waals surface area contributed by atoms with E-state index in [-0.39, 0.29) is 11.7 Å². The molecule has 0 spiro atoms. The van der Waals surface area contributed by atoms with Gasteiger partial charge in [0.1, 0.15) is 10.6 Å². The van der Waals surface area contributed by atoms with E-state index in [1.807, 2.05) is 20.8 Å². The monoisotopic (exact) mass is 622 g/mol. The Morgan fingerprint density at radius 1 is 1.05 bits per heavy atom. The van der Waals surface area contributed by atoms with Gasteiger partial charge in [-0.2, -0.15) is 13.2 Å². The van der Waals surface area contributed by atoms with E-state index >= 15 is 0 Å². The molecule has 0 aliphatic heterocycles. The van der Waals surface area contributed by atoms with E-state index in [9.17, 15) is 27.9 Å². The van der Waals surface area contributed by atoms with Crippen molar-refractivity contribution < 1.29 is 32.6 Å². The first-order chi connectivity index (χ1) is 19.8. The van der Waals surface area contributed by atoms with E-state index < -0.39 is 46.9 Å². The lowest BCUT2D eigenvalue weighted by molar-refractivity contribution is -0.137. The first-order valence-corrected chi connectivity index (χ1v) is 14.2. The van der Waals surface area contributed by atoms with Gasteiger partial charge in [-0.3, -0.25) is 0 Å². The number of rotatable bonds is 8. The summed E-state index contributed by atoms with van der Waals surface area (Å²) in [7, 11) is 1.73. The van der Waals surface area contributed by atoms with E-state index in [0.717, 1.165) is 23.5 Å². The van der Waals surface area contributed by atoms with Crippen molar-refractivity contribution in [1.82, 2.24) is 15.5 Å². The third kappa shape index (κ3) is 8.72. The van der Waals surface area contributed by atoms with Crippen LogP contribution in [0.3, 0.4) is 0 Å². The van der Waals surface area contributed by atoms with Gasteiger partial charge in [0.15, 0.2) is 0 Å². The number of nitrogens with one attached hydrogen (secondary N) is 2. The highest BCUT2D eigenvalue weighted by Gasteiger charge is 2.39. The predicted molar refractivity (Wildman–Crippen MR) is 161 cm³/mol. The van der Waals surface area contributed by atoms with Crippen LogP contribution in [0.25, 0.3) is 10.6 Å². The minimum absolute atomic E-state index is 0.143. The Morgan fingerprint density at radius 3 is 2.19 bits per heavy atom. The lowest BCUT2D eigenvalue weighted by Crippen LogP contribution is -2.52. The van der Waals surface area contributed by atoms with Crippen LogP contribution in [0.1, 0.15) is 58.6 Å². The average molecular weight is 623 g/mol. The first kappa shape index (κ1) is 33.4. The number of carbonyl (C=O) groups is 2. The summed E-state index contributed by atoms with van der Waals surface area (Å²) in [5, 5.41) is 24.4. The Labute approximate surface area is 252 Å². The molecule has 14 heteroatoms. The number of carbonyl (C=O) groups excluding carboxylic acids is 1. The number of carboxylic acid groups (broad SMARTS) is 1. The van der Waals surface area contributed by atoms with Gasteiger partial charge in [0.05, 0.1) is 29.5 Å². The second-order valence-electron chi connectivity index (χ2n) is 12.1. The van der Waals surface area contributed by atoms with Gasteiger partial charge in [-0.15, -0.1) is 10.2 Å². The maximum Gasteiger partial charge on any atom is 0.416 e. The molecule has 3 aromatic rings. The Morgan fingerprint density at radius 2 is 1.67 bits per heavy atom. The molecular formula is C29H37F3N6O4S. The number of alkyl halides is 3. The van der Waals surface area contributed by atoms with Crippen LogP contribution >= 0.6 is 11.3 Å². The van der Waals surface area contributed by atoms with Crippen LogP contribution in [-0.2, 0) is 10.9 Å². The van der Waals surface area contributed by atoms with Crippen molar-refractivity contribution in [1.29, 1.82) is 0 Å². The van der Waals surface area contributed by atoms with Crippen molar-refractivity contribution in [3.63, 3.8) is 0 Å². The lowest BCUT2D eigenvalue weighted by Gasteiger charge is -2.39. The number of anilines is 3. The fraction of sp³-hybridized carbons (Fsp3) is 0.448. The molecule has 1 aromatic heterocycles.